The van der Waals surface area contributed by atoms with Crippen molar-refractivity contribution < 1.29 is 4.74 Å². The van der Waals surface area contributed by atoms with Gasteiger partial charge in [-0.15, -0.1) is 11.6 Å². The minimum Gasteiger partial charge on any atom is -0.493 e. The zero-order chi connectivity index (χ0) is 12.0. The molecule has 0 aromatic heterocycles. The van der Waals surface area contributed by atoms with Gasteiger partial charge in [-0.25, -0.2) is 0 Å². The quantitative estimate of drug-likeness (QED) is 0.521. The van der Waals surface area contributed by atoms with E-state index in [4.69, 9.17) is 16.3 Å². The molecule has 2 heteroatoms. The lowest BCUT2D eigenvalue weighted by Crippen LogP contribution is -2.01. The molecule has 0 saturated carbocycles. The molecule has 0 aliphatic heterocycles. The molecule has 1 nitrogen and oxygen atoms in total. The molecule has 0 amide bonds. The second-order valence-electron chi connectivity index (χ2n) is 4.25. The Kier molecular flexibility index (Phi) is 5.68. The lowest BCUT2D eigenvalue weighted by atomic mass is 10.1. The monoisotopic (exact) mass is 240 g/mol. The fourth-order valence-corrected chi connectivity index (χ4v) is 2.03. The van der Waals surface area contributed by atoms with Crippen LogP contribution in [0, 0.1) is 13.8 Å². The van der Waals surface area contributed by atoms with Gasteiger partial charge < -0.3 is 4.74 Å². The molecule has 0 bridgehead atoms. The van der Waals surface area contributed by atoms with E-state index < -0.39 is 0 Å². The SMILES string of the molecule is CCCCCOc1c(C)cc(CCl)cc1C. The standard InChI is InChI=1S/C14H21ClO/c1-4-5-6-7-16-14-11(2)8-13(10-15)9-12(14)3/h8-9H,4-7,10H2,1-3H3. The van der Waals surface area contributed by atoms with E-state index in [-0.39, 0.29) is 0 Å². The Morgan fingerprint density at radius 2 is 1.75 bits per heavy atom. The van der Waals surface area contributed by atoms with E-state index in [2.05, 4.69) is 32.9 Å². The number of benzene rings is 1. The van der Waals surface area contributed by atoms with Gasteiger partial charge in [0.1, 0.15) is 5.75 Å². The molecule has 0 unspecified atom stereocenters. The number of rotatable bonds is 6. The molecule has 0 aliphatic rings. The number of hydrogen-bond acceptors (Lipinski definition) is 1. The summed E-state index contributed by atoms with van der Waals surface area (Å²) < 4.78 is 5.83. The maximum Gasteiger partial charge on any atom is 0.125 e. The van der Waals surface area contributed by atoms with E-state index in [0.717, 1.165) is 24.3 Å². The van der Waals surface area contributed by atoms with Crippen molar-refractivity contribution in [1.82, 2.24) is 0 Å². The highest BCUT2D eigenvalue weighted by Gasteiger charge is 2.05. The van der Waals surface area contributed by atoms with E-state index in [1.807, 2.05) is 0 Å². The molecule has 1 rings (SSSR count). The first-order valence-electron chi connectivity index (χ1n) is 5.98. The molecular formula is C14H21ClO. The maximum absolute atomic E-state index is 5.83. The van der Waals surface area contributed by atoms with Gasteiger partial charge in [0.2, 0.25) is 0 Å². The predicted octanol–water partition coefficient (Wildman–Crippen LogP) is 4.61. The molecule has 0 N–H and O–H groups in total. The first-order chi connectivity index (χ1) is 7.69. The Morgan fingerprint density at radius 1 is 1.12 bits per heavy atom. The number of alkyl halides is 1. The smallest absolute Gasteiger partial charge is 0.125 e. The number of halogens is 1. The molecule has 1 aromatic carbocycles. The third-order valence-corrected chi connectivity index (χ3v) is 2.98. The van der Waals surface area contributed by atoms with Gasteiger partial charge in [-0.3, -0.25) is 0 Å². The zero-order valence-corrected chi connectivity index (χ0v) is 11.2. The molecule has 0 saturated heterocycles. The van der Waals surface area contributed by atoms with Crippen molar-refractivity contribution in [2.24, 2.45) is 0 Å². The fraction of sp³-hybridized carbons (Fsp3) is 0.571. The summed E-state index contributed by atoms with van der Waals surface area (Å²) in [6, 6.07) is 4.21. The first kappa shape index (κ1) is 13.4. The minimum absolute atomic E-state index is 0.567. The van der Waals surface area contributed by atoms with E-state index in [1.54, 1.807) is 0 Å². The summed E-state index contributed by atoms with van der Waals surface area (Å²) in [5, 5.41) is 0. The number of ether oxygens (including phenoxy) is 1. The summed E-state index contributed by atoms with van der Waals surface area (Å²) in [6.07, 6.45) is 3.59. The third kappa shape index (κ3) is 3.71. The molecule has 0 atom stereocenters. The van der Waals surface area contributed by atoms with Gasteiger partial charge in [0.25, 0.3) is 0 Å². The number of unbranched alkanes of at least 4 members (excludes halogenated alkanes) is 2. The van der Waals surface area contributed by atoms with Crippen LogP contribution in [0.3, 0.4) is 0 Å². The first-order valence-corrected chi connectivity index (χ1v) is 6.51. The Morgan fingerprint density at radius 3 is 2.25 bits per heavy atom. The van der Waals surface area contributed by atoms with E-state index >= 15 is 0 Å². The van der Waals surface area contributed by atoms with Crippen LogP contribution in [0.5, 0.6) is 5.75 Å². The summed E-state index contributed by atoms with van der Waals surface area (Å²) in [7, 11) is 0. The van der Waals surface area contributed by atoms with Gasteiger partial charge in [0, 0.05) is 5.88 Å². The van der Waals surface area contributed by atoms with Gasteiger partial charge in [0.05, 0.1) is 6.61 Å². The zero-order valence-electron chi connectivity index (χ0n) is 10.5. The molecule has 0 aliphatic carbocycles. The van der Waals surface area contributed by atoms with Crippen LogP contribution in [-0.2, 0) is 5.88 Å². The summed E-state index contributed by atoms with van der Waals surface area (Å²) in [6.45, 7) is 7.18. The van der Waals surface area contributed by atoms with Crippen molar-refractivity contribution in [2.75, 3.05) is 6.61 Å². The summed E-state index contributed by atoms with van der Waals surface area (Å²) in [5.74, 6) is 1.60. The highest BCUT2D eigenvalue weighted by Crippen LogP contribution is 2.25. The third-order valence-electron chi connectivity index (χ3n) is 2.67. The van der Waals surface area contributed by atoms with Crippen LogP contribution in [0.15, 0.2) is 12.1 Å². The van der Waals surface area contributed by atoms with Crippen molar-refractivity contribution in [3.8, 4) is 5.75 Å². The highest BCUT2D eigenvalue weighted by molar-refractivity contribution is 6.17. The van der Waals surface area contributed by atoms with Crippen LogP contribution < -0.4 is 4.74 Å². The summed E-state index contributed by atoms with van der Waals surface area (Å²) in [5.41, 5.74) is 3.54. The lowest BCUT2D eigenvalue weighted by Gasteiger charge is -2.13. The van der Waals surface area contributed by atoms with E-state index in [0.29, 0.717) is 5.88 Å². The predicted molar refractivity (Wildman–Crippen MR) is 70.5 cm³/mol. The lowest BCUT2D eigenvalue weighted by molar-refractivity contribution is 0.302. The molecule has 0 spiro atoms. The Hall–Kier alpha value is -0.690. The van der Waals surface area contributed by atoms with Gasteiger partial charge in [-0.05, 0) is 37.0 Å². The molecule has 90 valence electrons. The van der Waals surface area contributed by atoms with Crippen molar-refractivity contribution in [3.63, 3.8) is 0 Å². The summed E-state index contributed by atoms with van der Waals surface area (Å²) >= 11 is 5.83. The Bertz CT molecular complexity index is 311. The molecule has 0 fully saturated rings. The van der Waals surface area contributed by atoms with Gasteiger partial charge >= 0.3 is 0 Å². The van der Waals surface area contributed by atoms with Crippen molar-refractivity contribution >= 4 is 11.6 Å². The average Bonchev–Trinajstić information content (AvgIpc) is 2.26. The van der Waals surface area contributed by atoms with Crippen molar-refractivity contribution in [3.05, 3.63) is 28.8 Å². The second kappa shape index (κ2) is 6.80. The Balaban J connectivity index is 2.65. The summed E-state index contributed by atoms with van der Waals surface area (Å²) in [4.78, 5) is 0. The molecule has 16 heavy (non-hydrogen) atoms. The fourth-order valence-electron chi connectivity index (χ4n) is 1.87. The van der Waals surface area contributed by atoms with Crippen LogP contribution in [0.25, 0.3) is 0 Å². The number of aryl methyl sites for hydroxylation is 2. The Labute approximate surface area is 104 Å². The van der Waals surface area contributed by atoms with E-state index in [9.17, 15) is 0 Å². The number of hydrogen-bond donors (Lipinski definition) is 0. The molecular weight excluding hydrogens is 220 g/mol. The van der Waals surface area contributed by atoms with Crippen molar-refractivity contribution in [2.45, 2.75) is 45.9 Å². The largest absolute Gasteiger partial charge is 0.493 e. The van der Waals surface area contributed by atoms with Gasteiger partial charge in [-0.1, -0.05) is 31.9 Å². The van der Waals surface area contributed by atoms with Crippen LogP contribution in [0.4, 0.5) is 0 Å². The maximum atomic E-state index is 5.83. The molecule has 0 heterocycles. The minimum atomic E-state index is 0.567. The highest BCUT2D eigenvalue weighted by atomic mass is 35.5. The van der Waals surface area contributed by atoms with Gasteiger partial charge in [0.15, 0.2) is 0 Å². The van der Waals surface area contributed by atoms with Gasteiger partial charge in [-0.2, -0.15) is 0 Å². The molecule has 0 radical (unpaired) electrons. The average molecular weight is 241 g/mol. The van der Waals surface area contributed by atoms with Crippen molar-refractivity contribution in [1.29, 1.82) is 0 Å². The molecule has 1 aromatic rings. The van der Waals surface area contributed by atoms with Crippen LogP contribution in [0.1, 0.15) is 42.9 Å². The van der Waals surface area contributed by atoms with Crippen LogP contribution in [0.2, 0.25) is 0 Å². The van der Waals surface area contributed by atoms with Crippen LogP contribution in [-0.4, -0.2) is 6.61 Å². The second-order valence-corrected chi connectivity index (χ2v) is 4.52. The topological polar surface area (TPSA) is 9.23 Å². The van der Waals surface area contributed by atoms with Crippen LogP contribution >= 0.6 is 11.6 Å². The normalized spacial score (nSPS) is 10.5. The van der Waals surface area contributed by atoms with E-state index in [1.165, 1.54) is 24.0 Å².